The third kappa shape index (κ3) is 7.24. The first-order chi connectivity index (χ1) is 15.3. The Kier molecular flexibility index (Phi) is 9.43. The minimum Gasteiger partial charge on any atom is -0.473 e. The summed E-state index contributed by atoms with van der Waals surface area (Å²) in [5.41, 5.74) is 1.97. The fraction of sp³-hybridized carbons (Fsp3) is 0.217. The molecule has 2 aromatic carbocycles. The van der Waals surface area contributed by atoms with Gasteiger partial charge in [0.1, 0.15) is 28.7 Å². The number of carboxylic acids is 2. The molecule has 0 aliphatic carbocycles. The lowest BCUT2D eigenvalue weighted by Crippen LogP contribution is -2.12. The summed E-state index contributed by atoms with van der Waals surface area (Å²) in [6, 6.07) is 17.9. The van der Waals surface area contributed by atoms with Crippen LogP contribution in [0.5, 0.6) is 11.5 Å². The highest BCUT2D eigenvalue weighted by Gasteiger charge is 2.15. The highest BCUT2D eigenvalue weighted by atomic mass is 35.5. The maximum absolute atomic E-state index is 9.10. The van der Waals surface area contributed by atoms with Gasteiger partial charge in [0.15, 0.2) is 0 Å². The van der Waals surface area contributed by atoms with Crippen molar-refractivity contribution in [3.63, 3.8) is 0 Å². The van der Waals surface area contributed by atoms with E-state index in [0.29, 0.717) is 10.8 Å². The van der Waals surface area contributed by atoms with Crippen molar-refractivity contribution >= 4 is 29.4 Å². The van der Waals surface area contributed by atoms with Crippen molar-refractivity contribution < 1.29 is 24.5 Å². The highest BCUT2D eigenvalue weighted by molar-refractivity contribution is 6.33. The molecule has 3 aromatic rings. The first-order valence-corrected chi connectivity index (χ1v) is 10.3. The number of nitrogens with one attached hydrogen (secondary N) is 1. The van der Waals surface area contributed by atoms with E-state index < -0.39 is 11.9 Å². The molecule has 0 aliphatic rings. The Morgan fingerprint density at radius 1 is 1.00 bits per heavy atom. The zero-order chi connectivity index (χ0) is 23.5. The van der Waals surface area contributed by atoms with Gasteiger partial charge in [-0.1, -0.05) is 55.8 Å². The quantitative estimate of drug-likeness (QED) is 0.413. The van der Waals surface area contributed by atoms with E-state index in [2.05, 4.69) is 28.3 Å². The Labute approximate surface area is 190 Å². The molecule has 1 heterocycles. The monoisotopic (exact) mass is 457 g/mol. The van der Waals surface area contributed by atoms with Gasteiger partial charge < -0.3 is 20.3 Å². The SMILES string of the molecule is CCc1ncnc(NC(CC)c2cccc(Oc3ccccc3)c2)c1Cl.O=C(O)C(=O)O. The van der Waals surface area contributed by atoms with Gasteiger partial charge in [-0.2, -0.15) is 0 Å². The molecule has 32 heavy (non-hydrogen) atoms. The molecule has 0 bridgehead atoms. The van der Waals surface area contributed by atoms with Gasteiger partial charge in [-0.05, 0) is 42.7 Å². The number of rotatable bonds is 7. The minimum absolute atomic E-state index is 0.0754. The topological polar surface area (TPSA) is 122 Å². The molecule has 168 valence electrons. The van der Waals surface area contributed by atoms with Crippen LogP contribution in [0.2, 0.25) is 5.02 Å². The van der Waals surface area contributed by atoms with Crippen LogP contribution in [0, 0.1) is 0 Å². The number of aryl methyl sites for hydroxylation is 1. The first-order valence-electron chi connectivity index (χ1n) is 9.90. The van der Waals surface area contributed by atoms with Crippen LogP contribution >= 0.6 is 11.6 Å². The maximum atomic E-state index is 9.10. The summed E-state index contributed by atoms with van der Waals surface area (Å²) in [5.74, 6) is -1.36. The Balaban J connectivity index is 0.000000534. The fourth-order valence-electron chi connectivity index (χ4n) is 2.76. The van der Waals surface area contributed by atoms with Crippen LogP contribution in [0.3, 0.4) is 0 Å². The van der Waals surface area contributed by atoms with Crippen molar-refractivity contribution in [2.24, 2.45) is 0 Å². The zero-order valence-electron chi connectivity index (χ0n) is 17.7. The molecule has 3 rings (SSSR count). The van der Waals surface area contributed by atoms with E-state index in [1.807, 2.05) is 55.5 Å². The second kappa shape index (κ2) is 12.3. The van der Waals surface area contributed by atoms with E-state index in [1.54, 1.807) is 6.33 Å². The normalized spacial score (nSPS) is 11.0. The van der Waals surface area contributed by atoms with E-state index in [-0.39, 0.29) is 6.04 Å². The van der Waals surface area contributed by atoms with E-state index in [4.69, 9.17) is 36.1 Å². The third-order valence-electron chi connectivity index (χ3n) is 4.34. The number of anilines is 1. The molecule has 0 saturated heterocycles. The second-order valence-corrected chi connectivity index (χ2v) is 6.92. The maximum Gasteiger partial charge on any atom is 0.414 e. The average molecular weight is 458 g/mol. The lowest BCUT2D eigenvalue weighted by atomic mass is 10.0. The molecule has 0 spiro atoms. The number of para-hydroxylation sites is 1. The summed E-state index contributed by atoms with van der Waals surface area (Å²) in [7, 11) is 0. The molecule has 1 unspecified atom stereocenters. The molecule has 1 atom stereocenters. The van der Waals surface area contributed by atoms with Crippen LogP contribution < -0.4 is 10.1 Å². The van der Waals surface area contributed by atoms with Crippen LogP contribution in [-0.2, 0) is 16.0 Å². The van der Waals surface area contributed by atoms with Gasteiger partial charge in [-0.25, -0.2) is 19.6 Å². The summed E-state index contributed by atoms with van der Waals surface area (Å²) in [5, 5.41) is 18.8. The van der Waals surface area contributed by atoms with Crippen LogP contribution in [0.4, 0.5) is 5.82 Å². The standard InChI is InChI=1S/C21H22ClN3O.C2H2O4/c1-3-18(25-21-20(22)19(4-2)23-14-24-21)15-9-8-12-17(13-15)26-16-10-6-5-7-11-16;3-1(4)2(5)6/h5-14,18H,3-4H2,1-2H3,(H,23,24,25);(H,3,4)(H,5,6). The average Bonchev–Trinajstić information content (AvgIpc) is 2.79. The minimum atomic E-state index is -1.82. The van der Waals surface area contributed by atoms with Crippen LogP contribution in [0.1, 0.15) is 37.6 Å². The van der Waals surface area contributed by atoms with Gasteiger partial charge in [-0.3, -0.25) is 0 Å². The lowest BCUT2D eigenvalue weighted by Gasteiger charge is -2.20. The van der Waals surface area contributed by atoms with E-state index >= 15 is 0 Å². The molecular weight excluding hydrogens is 434 g/mol. The van der Waals surface area contributed by atoms with Crippen LogP contribution in [-0.4, -0.2) is 32.1 Å². The Bertz CT molecular complexity index is 1030. The molecule has 3 N–H and O–H groups in total. The smallest absolute Gasteiger partial charge is 0.414 e. The number of aliphatic carboxylic acids is 2. The molecular formula is C23H24ClN3O5. The summed E-state index contributed by atoms with van der Waals surface area (Å²) >= 11 is 6.42. The number of benzene rings is 2. The predicted octanol–water partition coefficient (Wildman–Crippen LogP) is 5.20. The van der Waals surface area contributed by atoms with Gasteiger partial charge in [-0.15, -0.1) is 0 Å². The molecule has 0 saturated carbocycles. The Morgan fingerprint density at radius 2 is 1.66 bits per heavy atom. The number of hydrogen-bond donors (Lipinski definition) is 3. The van der Waals surface area contributed by atoms with Gasteiger partial charge in [0.2, 0.25) is 0 Å². The third-order valence-corrected chi connectivity index (χ3v) is 4.74. The number of carboxylic acid groups (broad SMARTS) is 2. The number of ether oxygens (including phenoxy) is 1. The second-order valence-electron chi connectivity index (χ2n) is 6.54. The van der Waals surface area contributed by atoms with Gasteiger partial charge in [0, 0.05) is 0 Å². The van der Waals surface area contributed by atoms with Crippen LogP contribution in [0.15, 0.2) is 60.9 Å². The van der Waals surface area contributed by atoms with E-state index in [1.165, 1.54) is 0 Å². The van der Waals surface area contributed by atoms with E-state index in [0.717, 1.165) is 35.6 Å². The first kappa shape index (κ1) is 24.6. The fourth-order valence-corrected chi connectivity index (χ4v) is 3.04. The van der Waals surface area contributed by atoms with E-state index in [9.17, 15) is 0 Å². The van der Waals surface area contributed by atoms with Crippen molar-refractivity contribution in [1.82, 2.24) is 9.97 Å². The largest absolute Gasteiger partial charge is 0.473 e. The van der Waals surface area contributed by atoms with Crippen LogP contribution in [0.25, 0.3) is 0 Å². The summed E-state index contributed by atoms with van der Waals surface area (Å²) in [4.78, 5) is 26.7. The number of halogens is 1. The molecule has 1 aromatic heterocycles. The van der Waals surface area contributed by atoms with Crippen molar-refractivity contribution in [2.75, 3.05) is 5.32 Å². The highest BCUT2D eigenvalue weighted by Crippen LogP contribution is 2.30. The van der Waals surface area contributed by atoms with Crippen molar-refractivity contribution in [3.8, 4) is 11.5 Å². The summed E-state index contributed by atoms with van der Waals surface area (Å²) in [6.07, 6.45) is 3.21. The number of hydrogen-bond acceptors (Lipinski definition) is 6. The van der Waals surface area contributed by atoms with Gasteiger partial charge >= 0.3 is 11.9 Å². The van der Waals surface area contributed by atoms with Crippen molar-refractivity contribution in [2.45, 2.75) is 32.7 Å². The Hall–Kier alpha value is -3.65. The zero-order valence-corrected chi connectivity index (χ0v) is 18.4. The molecule has 0 amide bonds. The molecule has 0 fully saturated rings. The van der Waals surface area contributed by atoms with Crippen molar-refractivity contribution in [1.29, 1.82) is 0 Å². The summed E-state index contributed by atoms with van der Waals surface area (Å²) < 4.78 is 5.94. The van der Waals surface area contributed by atoms with Gasteiger partial charge in [0.05, 0.1) is 11.7 Å². The summed E-state index contributed by atoms with van der Waals surface area (Å²) in [6.45, 7) is 4.15. The predicted molar refractivity (Wildman–Crippen MR) is 121 cm³/mol. The number of aromatic nitrogens is 2. The molecule has 8 nitrogen and oxygen atoms in total. The van der Waals surface area contributed by atoms with Gasteiger partial charge in [0.25, 0.3) is 0 Å². The molecule has 0 aliphatic heterocycles. The lowest BCUT2D eigenvalue weighted by molar-refractivity contribution is -0.159. The number of nitrogens with zero attached hydrogens (tertiary/aromatic N) is 2. The molecule has 9 heteroatoms. The number of carbonyl (C=O) groups is 2. The van der Waals surface area contributed by atoms with Crippen molar-refractivity contribution in [3.05, 3.63) is 77.2 Å². The Morgan fingerprint density at radius 3 is 2.25 bits per heavy atom. The molecule has 0 radical (unpaired) electrons.